The van der Waals surface area contributed by atoms with Crippen LogP contribution in [0, 0.1) is 23.2 Å². The van der Waals surface area contributed by atoms with E-state index in [1.165, 1.54) is 38.6 Å². The van der Waals surface area contributed by atoms with Crippen LogP contribution in [0.25, 0.3) is 11.0 Å². The van der Waals surface area contributed by atoms with Crippen LogP contribution in [0.5, 0.6) is 0 Å². The number of rotatable bonds is 6. The summed E-state index contributed by atoms with van der Waals surface area (Å²) in [4.78, 5) is 16.1. The zero-order valence-electron chi connectivity index (χ0n) is 18.3. The van der Waals surface area contributed by atoms with E-state index >= 15 is 0 Å². The van der Waals surface area contributed by atoms with E-state index in [9.17, 15) is 15.0 Å². The molecule has 0 unspecified atom stereocenters. The summed E-state index contributed by atoms with van der Waals surface area (Å²) in [5.74, 6) is 2.91. The van der Waals surface area contributed by atoms with Gasteiger partial charge in [0.1, 0.15) is 0 Å². The highest BCUT2D eigenvalue weighted by molar-refractivity contribution is 5.76. The van der Waals surface area contributed by atoms with Gasteiger partial charge in [0.2, 0.25) is 0 Å². The molecule has 2 N–H and O–H groups in total. The minimum absolute atomic E-state index is 0.0993. The molecule has 6 heteroatoms. The van der Waals surface area contributed by atoms with Crippen LogP contribution in [0.2, 0.25) is 0 Å². The molecule has 2 heterocycles. The van der Waals surface area contributed by atoms with Gasteiger partial charge in [-0.2, -0.15) is 0 Å². The summed E-state index contributed by atoms with van der Waals surface area (Å²) in [5.41, 5.74) is 2.34. The molecule has 3 aliphatic carbocycles. The highest BCUT2D eigenvalue weighted by Crippen LogP contribution is 2.71. The molecule has 1 aromatic heterocycles. The first-order valence-electron chi connectivity index (χ1n) is 12.3. The molecule has 3 atom stereocenters. The smallest absolute Gasteiger partial charge is 0.329 e. The van der Waals surface area contributed by atoms with E-state index in [0.29, 0.717) is 5.41 Å². The van der Waals surface area contributed by atoms with Gasteiger partial charge in [-0.3, -0.25) is 9.13 Å². The molecular formula is C25H35N3O3. The van der Waals surface area contributed by atoms with E-state index in [-0.39, 0.29) is 24.9 Å². The van der Waals surface area contributed by atoms with Crippen molar-refractivity contribution in [2.24, 2.45) is 23.2 Å². The summed E-state index contributed by atoms with van der Waals surface area (Å²) in [6.07, 6.45) is 9.36. The molecule has 6 rings (SSSR count). The van der Waals surface area contributed by atoms with Gasteiger partial charge in [-0.25, -0.2) is 4.79 Å². The van der Waals surface area contributed by atoms with Crippen LogP contribution >= 0.6 is 0 Å². The first-order valence-corrected chi connectivity index (χ1v) is 12.3. The number of benzene rings is 1. The van der Waals surface area contributed by atoms with E-state index < -0.39 is 6.04 Å². The second kappa shape index (κ2) is 7.46. The molecule has 31 heavy (non-hydrogen) atoms. The number of piperidine rings is 1. The van der Waals surface area contributed by atoms with E-state index in [2.05, 4.69) is 4.90 Å². The number of aliphatic hydroxyl groups excluding tert-OH is 2. The summed E-state index contributed by atoms with van der Waals surface area (Å²) in [5, 5.41) is 19.4. The number of imidazole rings is 1. The summed E-state index contributed by atoms with van der Waals surface area (Å²) < 4.78 is 3.53. The molecule has 2 aromatic rings. The zero-order valence-corrected chi connectivity index (χ0v) is 18.3. The average Bonchev–Trinajstić information content (AvgIpc) is 3.20. The Morgan fingerprint density at radius 2 is 1.71 bits per heavy atom. The molecule has 1 aliphatic heterocycles. The molecule has 4 aliphatic rings. The van der Waals surface area contributed by atoms with Crippen molar-refractivity contribution in [3.63, 3.8) is 0 Å². The Bertz CT molecular complexity index is 1010. The van der Waals surface area contributed by atoms with Crippen LogP contribution in [0.4, 0.5) is 0 Å². The second-order valence-electron chi connectivity index (χ2n) is 10.7. The lowest BCUT2D eigenvalue weighted by Gasteiger charge is -2.39. The standard InChI is InChI=1S/C25H35N3O3/c29-15-20(16-30)28-23-4-2-1-3-22(23)27(24(28)31)19-7-11-26(12-8-19)14-21-17-5-6-18(13-17)25(21)9-10-25/h1-4,17-21,29-30H,5-16H2/t17-,18-,21+/m0/s1. The fraction of sp³-hybridized carbons (Fsp3) is 0.720. The van der Waals surface area contributed by atoms with E-state index in [0.717, 1.165) is 54.7 Å². The monoisotopic (exact) mass is 425 g/mol. The summed E-state index contributed by atoms with van der Waals surface area (Å²) in [6, 6.07) is 7.39. The second-order valence-corrected chi connectivity index (χ2v) is 10.7. The Morgan fingerprint density at radius 1 is 1.00 bits per heavy atom. The van der Waals surface area contributed by atoms with Crippen molar-refractivity contribution in [3.05, 3.63) is 34.7 Å². The summed E-state index contributed by atoms with van der Waals surface area (Å²) in [7, 11) is 0. The maximum Gasteiger partial charge on any atom is 0.329 e. The number of hydrogen-bond donors (Lipinski definition) is 2. The minimum Gasteiger partial charge on any atom is -0.394 e. The molecular weight excluding hydrogens is 390 g/mol. The van der Waals surface area contributed by atoms with Gasteiger partial charge >= 0.3 is 5.69 Å². The normalized spacial score (nSPS) is 30.2. The summed E-state index contributed by atoms with van der Waals surface area (Å²) in [6.45, 7) is 2.90. The van der Waals surface area contributed by atoms with Crippen molar-refractivity contribution >= 4 is 11.0 Å². The van der Waals surface area contributed by atoms with Crippen molar-refractivity contribution in [1.82, 2.24) is 14.0 Å². The van der Waals surface area contributed by atoms with Gasteiger partial charge in [0, 0.05) is 25.7 Å². The molecule has 2 bridgehead atoms. The van der Waals surface area contributed by atoms with Crippen LogP contribution in [0.3, 0.4) is 0 Å². The molecule has 4 fully saturated rings. The molecule has 0 amide bonds. The molecule has 168 valence electrons. The Kier molecular flexibility index (Phi) is 4.82. The molecule has 1 aromatic carbocycles. The van der Waals surface area contributed by atoms with E-state index in [1.807, 2.05) is 28.8 Å². The third-order valence-corrected chi connectivity index (χ3v) is 9.40. The Hall–Kier alpha value is -1.63. The number of fused-ring (bicyclic) bond motifs is 4. The fourth-order valence-corrected chi connectivity index (χ4v) is 7.69. The van der Waals surface area contributed by atoms with Gasteiger partial charge in [-0.1, -0.05) is 12.1 Å². The number of para-hydroxylation sites is 2. The lowest BCUT2D eigenvalue weighted by Crippen LogP contribution is -2.43. The van der Waals surface area contributed by atoms with Crippen molar-refractivity contribution in [2.75, 3.05) is 32.8 Å². The highest BCUT2D eigenvalue weighted by atomic mass is 16.3. The minimum atomic E-state index is -0.591. The number of aromatic nitrogens is 2. The lowest BCUT2D eigenvalue weighted by atomic mass is 9.76. The van der Waals surface area contributed by atoms with Gasteiger partial charge in [0.25, 0.3) is 0 Å². The number of likely N-dealkylation sites (tertiary alicyclic amines) is 1. The largest absolute Gasteiger partial charge is 0.394 e. The van der Waals surface area contributed by atoms with Gasteiger partial charge in [-0.05, 0) is 80.2 Å². The Labute approximate surface area is 183 Å². The highest BCUT2D eigenvalue weighted by Gasteiger charge is 2.63. The predicted molar refractivity (Wildman–Crippen MR) is 120 cm³/mol. The van der Waals surface area contributed by atoms with Gasteiger partial charge in [0.15, 0.2) is 0 Å². The predicted octanol–water partition coefficient (Wildman–Crippen LogP) is 2.79. The lowest BCUT2D eigenvalue weighted by molar-refractivity contribution is 0.100. The van der Waals surface area contributed by atoms with Crippen molar-refractivity contribution in [3.8, 4) is 0 Å². The van der Waals surface area contributed by atoms with Gasteiger partial charge < -0.3 is 15.1 Å². The van der Waals surface area contributed by atoms with Crippen LogP contribution in [0.15, 0.2) is 29.1 Å². The summed E-state index contributed by atoms with van der Waals surface area (Å²) >= 11 is 0. The van der Waals surface area contributed by atoms with Crippen LogP contribution in [-0.2, 0) is 0 Å². The quantitative estimate of drug-likeness (QED) is 0.747. The molecule has 6 nitrogen and oxygen atoms in total. The first kappa shape index (κ1) is 20.0. The van der Waals surface area contributed by atoms with Crippen molar-refractivity contribution < 1.29 is 10.2 Å². The SMILES string of the molecule is O=c1n(C(CO)CO)c2ccccc2n1C1CCN(C[C@@H]2[C@H]3CC[C@@H](C3)C23CC3)CC1. The van der Waals surface area contributed by atoms with Crippen LogP contribution in [0.1, 0.15) is 57.0 Å². The fourth-order valence-electron chi connectivity index (χ4n) is 7.69. The molecule has 3 saturated carbocycles. The van der Waals surface area contributed by atoms with Gasteiger partial charge in [0.05, 0.1) is 30.3 Å². The molecule has 1 spiro atoms. The van der Waals surface area contributed by atoms with E-state index in [4.69, 9.17) is 0 Å². The zero-order chi connectivity index (χ0) is 21.2. The Balaban J connectivity index is 1.21. The van der Waals surface area contributed by atoms with Crippen LogP contribution < -0.4 is 5.69 Å². The maximum absolute atomic E-state index is 13.4. The number of nitrogens with zero attached hydrogens (tertiary/aromatic N) is 3. The first-order chi connectivity index (χ1) is 15.2. The number of aliphatic hydroxyl groups is 2. The Morgan fingerprint density at radius 3 is 2.39 bits per heavy atom. The topological polar surface area (TPSA) is 70.6 Å². The third kappa shape index (κ3) is 2.98. The molecule has 1 saturated heterocycles. The van der Waals surface area contributed by atoms with Crippen molar-refractivity contribution in [2.45, 2.75) is 57.0 Å². The average molecular weight is 426 g/mol. The molecule has 0 radical (unpaired) electrons. The third-order valence-electron chi connectivity index (χ3n) is 9.40. The van der Waals surface area contributed by atoms with Gasteiger partial charge in [-0.15, -0.1) is 0 Å². The van der Waals surface area contributed by atoms with E-state index in [1.54, 1.807) is 4.57 Å². The number of hydrogen-bond acceptors (Lipinski definition) is 4. The van der Waals surface area contributed by atoms with Crippen molar-refractivity contribution in [1.29, 1.82) is 0 Å². The van der Waals surface area contributed by atoms with Crippen LogP contribution in [-0.4, -0.2) is 57.1 Å². The maximum atomic E-state index is 13.4.